The molecule has 1 aliphatic carbocycles. The highest BCUT2D eigenvalue weighted by atomic mass is 16.6. The third-order valence-electron chi connectivity index (χ3n) is 9.12. The fourth-order valence-electron chi connectivity index (χ4n) is 6.39. The van der Waals surface area contributed by atoms with Gasteiger partial charge in [0.1, 0.15) is 17.0 Å². The zero-order chi connectivity index (χ0) is 35.3. The summed E-state index contributed by atoms with van der Waals surface area (Å²) in [5, 5.41) is 14.9. The second-order valence-corrected chi connectivity index (χ2v) is 15.7. The average molecular weight is 674 g/mol. The third-order valence-corrected chi connectivity index (χ3v) is 9.12. The number of rotatable bonds is 8. The van der Waals surface area contributed by atoms with Crippen molar-refractivity contribution in [2.24, 2.45) is 5.92 Å². The number of carbonyl (C=O) groups excluding carboxylic acids is 2. The molecule has 2 amide bonds. The van der Waals surface area contributed by atoms with Crippen molar-refractivity contribution in [1.29, 1.82) is 0 Å². The Balaban J connectivity index is 1.31. The Morgan fingerprint density at radius 1 is 0.837 bits per heavy atom. The molecule has 0 unspecified atom stereocenters. The number of aromatic nitrogens is 2. The van der Waals surface area contributed by atoms with Crippen LogP contribution in [-0.4, -0.2) is 70.0 Å². The first-order valence-corrected chi connectivity index (χ1v) is 17.7. The fourth-order valence-corrected chi connectivity index (χ4v) is 6.39. The van der Waals surface area contributed by atoms with Crippen LogP contribution in [-0.2, 0) is 9.47 Å². The Kier molecular flexibility index (Phi) is 11.1. The maximum Gasteiger partial charge on any atom is 0.410 e. The molecule has 2 fully saturated rings. The van der Waals surface area contributed by atoms with E-state index in [4.69, 9.17) is 19.4 Å². The predicted molar refractivity (Wildman–Crippen MR) is 197 cm³/mol. The van der Waals surface area contributed by atoms with E-state index in [9.17, 15) is 9.59 Å². The minimum absolute atomic E-state index is 0.0796. The summed E-state index contributed by atoms with van der Waals surface area (Å²) < 4.78 is 11.1. The molecule has 49 heavy (non-hydrogen) atoms. The molecule has 0 spiro atoms. The Morgan fingerprint density at radius 2 is 1.51 bits per heavy atom. The molecule has 2 aromatic carbocycles. The van der Waals surface area contributed by atoms with Crippen molar-refractivity contribution >= 4 is 46.2 Å². The van der Waals surface area contributed by atoms with Crippen LogP contribution in [0, 0.1) is 19.8 Å². The molecule has 0 bridgehead atoms. The van der Waals surface area contributed by atoms with Crippen LogP contribution < -0.4 is 21.3 Å². The van der Waals surface area contributed by atoms with Gasteiger partial charge in [-0.25, -0.2) is 14.6 Å². The van der Waals surface area contributed by atoms with Crippen molar-refractivity contribution in [3.63, 3.8) is 0 Å². The van der Waals surface area contributed by atoms with Crippen LogP contribution in [0.4, 0.5) is 32.7 Å². The van der Waals surface area contributed by atoms with Gasteiger partial charge in [-0.2, -0.15) is 4.98 Å². The number of likely N-dealkylation sites (tertiary alicyclic amines) is 1. The molecule has 0 atom stereocenters. The summed E-state index contributed by atoms with van der Waals surface area (Å²) >= 11 is 0. The number of nitrogens with one attached hydrogen (secondary N) is 4. The van der Waals surface area contributed by atoms with Crippen molar-refractivity contribution in [3.8, 4) is 0 Å². The second kappa shape index (κ2) is 15.1. The molecule has 5 rings (SSSR count). The summed E-state index contributed by atoms with van der Waals surface area (Å²) in [6, 6.07) is 12.7. The molecule has 1 aromatic heterocycles. The Hall–Kier alpha value is -4.28. The first-order chi connectivity index (χ1) is 23.1. The minimum atomic E-state index is -0.525. The molecule has 2 aliphatic rings. The van der Waals surface area contributed by atoms with E-state index in [0.29, 0.717) is 25.0 Å². The van der Waals surface area contributed by atoms with E-state index in [1.54, 1.807) is 0 Å². The van der Waals surface area contributed by atoms with Gasteiger partial charge >= 0.3 is 12.2 Å². The number of piperidine rings is 1. The van der Waals surface area contributed by atoms with Gasteiger partial charge in [0.2, 0.25) is 5.95 Å². The minimum Gasteiger partial charge on any atom is -0.444 e. The van der Waals surface area contributed by atoms with Crippen LogP contribution >= 0.6 is 0 Å². The normalized spacial score (nSPS) is 18.9. The maximum atomic E-state index is 12.6. The number of carbonyl (C=O) groups is 2. The number of hydrogen-bond donors (Lipinski definition) is 4. The standard InChI is InChI=1S/C38H55N7O4/c1-24-12-13-29(22-25(24)2)41-34-43-31-11-9-10-30(39-23-26-18-20-45(21-19-26)36(47)49-38(6,7)8)32(31)33(44-34)40-27-14-16-28(17-15-27)42-35(46)48-37(3,4)5/h9-13,22,26-28,39H,14-21,23H2,1-8H3,(H,42,46)(H2,40,41,43,44). The molecule has 2 heterocycles. The van der Waals surface area contributed by atoms with Crippen LogP contribution in [0.5, 0.6) is 0 Å². The van der Waals surface area contributed by atoms with Crippen LogP contribution in [0.3, 0.4) is 0 Å². The summed E-state index contributed by atoms with van der Waals surface area (Å²) in [5.74, 6) is 1.73. The number of anilines is 4. The zero-order valence-corrected chi connectivity index (χ0v) is 30.5. The number of nitrogens with zero attached hydrogens (tertiary/aromatic N) is 3. The summed E-state index contributed by atoms with van der Waals surface area (Å²) in [4.78, 5) is 36.8. The lowest BCUT2D eigenvalue weighted by Gasteiger charge is -2.33. The number of benzene rings is 2. The Labute approximate surface area is 291 Å². The van der Waals surface area contributed by atoms with Crippen LogP contribution in [0.1, 0.15) is 91.2 Å². The lowest BCUT2D eigenvalue weighted by Crippen LogP contribution is -2.42. The van der Waals surface area contributed by atoms with Crippen molar-refractivity contribution in [2.75, 3.05) is 35.6 Å². The van der Waals surface area contributed by atoms with Gasteiger partial charge in [-0.3, -0.25) is 0 Å². The van der Waals surface area contributed by atoms with Gasteiger partial charge in [-0.15, -0.1) is 0 Å². The van der Waals surface area contributed by atoms with Crippen LogP contribution in [0.15, 0.2) is 36.4 Å². The van der Waals surface area contributed by atoms with Crippen LogP contribution in [0.25, 0.3) is 10.9 Å². The lowest BCUT2D eigenvalue weighted by molar-refractivity contribution is 0.0187. The molecular weight excluding hydrogens is 618 g/mol. The van der Waals surface area contributed by atoms with E-state index in [1.807, 2.05) is 64.6 Å². The predicted octanol–water partition coefficient (Wildman–Crippen LogP) is 8.30. The van der Waals surface area contributed by atoms with E-state index in [-0.39, 0.29) is 24.3 Å². The molecule has 266 valence electrons. The number of aryl methyl sites for hydroxylation is 2. The van der Waals surface area contributed by atoms with E-state index >= 15 is 0 Å². The van der Waals surface area contributed by atoms with Gasteiger partial charge in [0.15, 0.2) is 0 Å². The van der Waals surface area contributed by atoms with Crippen molar-refractivity contribution < 1.29 is 19.1 Å². The first kappa shape index (κ1) is 36.0. The fraction of sp³-hybridized carbons (Fsp3) is 0.579. The quantitative estimate of drug-likeness (QED) is 0.187. The summed E-state index contributed by atoms with van der Waals surface area (Å²) in [7, 11) is 0. The van der Waals surface area contributed by atoms with E-state index in [0.717, 1.165) is 73.2 Å². The van der Waals surface area contributed by atoms with Gasteiger partial charge < -0.3 is 35.6 Å². The molecule has 1 saturated heterocycles. The van der Waals surface area contributed by atoms with Crippen molar-refractivity contribution in [2.45, 2.75) is 117 Å². The van der Waals surface area contributed by atoms with Gasteiger partial charge in [0, 0.05) is 43.1 Å². The van der Waals surface area contributed by atoms with Gasteiger partial charge in [0.25, 0.3) is 0 Å². The smallest absolute Gasteiger partial charge is 0.410 e. The second-order valence-electron chi connectivity index (χ2n) is 15.7. The highest BCUT2D eigenvalue weighted by Crippen LogP contribution is 2.33. The molecular formula is C38H55N7O4. The number of alkyl carbamates (subject to hydrolysis) is 1. The van der Waals surface area contributed by atoms with Gasteiger partial charge in [0.05, 0.1) is 10.9 Å². The third kappa shape index (κ3) is 10.4. The Bertz CT molecular complexity index is 1610. The summed E-state index contributed by atoms with van der Waals surface area (Å²) in [5.41, 5.74) is 4.17. The van der Waals surface area contributed by atoms with Crippen LogP contribution in [0.2, 0.25) is 0 Å². The highest BCUT2D eigenvalue weighted by Gasteiger charge is 2.28. The average Bonchev–Trinajstić information content (AvgIpc) is 3.01. The number of amides is 2. The Morgan fingerprint density at radius 3 is 2.16 bits per heavy atom. The first-order valence-electron chi connectivity index (χ1n) is 17.7. The lowest BCUT2D eigenvalue weighted by atomic mass is 9.91. The number of hydrogen-bond acceptors (Lipinski definition) is 9. The monoisotopic (exact) mass is 673 g/mol. The molecule has 11 nitrogen and oxygen atoms in total. The molecule has 1 saturated carbocycles. The topological polar surface area (TPSA) is 130 Å². The zero-order valence-electron chi connectivity index (χ0n) is 30.5. The molecule has 0 radical (unpaired) electrons. The van der Waals surface area contributed by atoms with Crippen molar-refractivity contribution in [1.82, 2.24) is 20.2 Å². The van der Waals surface area contributed by atoms with E-state index in [2.05, 4.69) is 53.3 Å². The number of ether oxygens (including phenoxy) is 2. The van der Waals surface area contributed by atoms with Crippen molar-refractivity contribution in [3.05, 3.63) is 47.5 Å². The molecule has 11 heteroatoms. The van der Waals surface area contributed by atoms with E-state index in [1.165, 1.54) is 11.1 Å². The molecule has 1 aliphatic heterocycles. The summed E-state index contributed by atoms with van der Waals surface area (Å²) in [6.07, 6.45) is 4.68. The highest BCUT2D eigenvalue weighted by molar-refractivity contribution is 6.00. The van der Waals surface area contributed by atoms with E-state index < -0.39 is 11.2 Å². The summed E-state index contributed by atoms with van der Waals surface area (Å²) in [6.45, 7) is 17.7. The molecule has 3 aromatic rings. The number of fused-ring (bicyclic) bond motifs is 1. The van der Waals surface area contributed by atoms with Gasteiger partial charge in [-0.1, -0.05) is 12.1 Å². The SMILES string of the molecule is Cc1ccc(Nc2nc(NC3CCC(NC(=O)OC(C)(C)C)CC3)c3c(NCC4CCN(C(=O)OC(C)(C)C)CC4)cccc3n2)cc1C. The van der Waals surface area contributed by atoms with Gasteiger partial charge in [-0.05, 0) is 135 Å². The molecule has 4 N–H and O–H groups in total. The maximum absolute atomic E-state index is 12.6. The largest absolute Gasteiger partial charge is 0.444 e.